The zero-order valence-corrected chi connectivity index (χ0v) is 17.2. The molecule has 0 aliphatic heterocycles. The van der Waals surface area contributed by atoms with Crippen LogP contribution in [0.3, 0.4) is 0 Å². The van der Waals surface area contributed by atoms with Crippen LogP contribution in [0.25, 0.3) is 0 Å². The van der Waals surface area contributed by atoms with Gasteiger partial charge in [-0.25, -0.2) is 4.39 Å². The standard InChI is InChI=1S/C20H21BrClFN2O2/c1-13(2-3-14-4-6-15(21)7-5-14)25-19(26)10-11-24-20(27)17-9-8-16(23)12-18(17)22/h4-9,12-13H,2-3,10-11H2,1H3,(H,24,27)(H,25,26). The predicted octanol–water partition coefficient (Wildman–Crippen LogP) is 4.50. The Kier molecular flexibility index (Phi) is 8.25. The first-order valence-corrected chi connectivity index (χ1v) is 9.79. The van der Waals surface area contributed by atoms with Crippen LogP contribution in [0.4, 0.5) is 4.39 Å². The average molecular weight is 456 g/mol. The quantitative estimate of drug-likeness (QED) is 0.616. The van der Waals surface area contributed by atoms with Crippen molar-refractivity contribution in [1.29, 1.82) is 0 Å². The lowest BCUT2D eigenvalue weighted by Gasteiger charge is -2.14. The molecule has 27 heavy (non-hydrogen) atoms. The summed E-state index contributed by atoms with van der Waals surface area (Å²) in [7, 11) is 0. The van der Waals surface area contributed by atoms with Crippen molar-refractivity contribution in [3.05, 3.63) is 68.9 Å². The number of aryl methyl sites for hydroxylation is 1. The highest BCUT2D eigenvalue weighted by molar-refractivity contribution is 9.10. The number of rotatable bonds is 8. The second kappa shape index (κ2) is 10.4. The fourth-order valence-electron chi connectivity index (χ4n) is 2.51. The van der Waals surface area contributed by atoms with E-state index in [0.717, 1.165) is 23.4 Å². The summed E-state index contributed by atoms with van der Waals surface area (Å²) >= 11 is 9.25. The molecular formula is C20H21BrClFN2O2. The molecule has 2 rings (SSSR count). The first-order chi connectivity index (χ1) is 12.8. The zero-order valence-electron chi connectivity index (χ0n) is 14.9. The van der Waals surface area contributed by atoms with Gasteiger partial charge < -0.3 is 10.6 Å². The third-order valence-corrected chi connectivity index (χ3v) is 4.84. The van der Waals surface area contributed by atoms with Crippen molar-refractivity contribution < 1.29 is 14.0 Å². The Hall–Kier alpha value is -1.92. The fourth-order valence-corrected chi connectivity index (χ4v) is 3.03. The first kappa shape index (κ1) is 21.4. The Labute approximate surface area is 171 Å². The van der Waals surface area contributed by atoms with E-state index < -0.39 is 11.7 Å². The maximum absolute atomic E-state index is 13.0. The Balaban J connectivity index is 1.69. The number of hydrogen-bond donors (Lipinski definition) is 2. The second-order valence-corrected chi connectivity index (χ2v) is 7.59. The van der Waals surface area contributed by atoms with Gasteiger partial charge in [0.05, 0.1) is 10.6 Å². The molecule has 0 aliphatic carbocycles. The van der Waals surface area contributed by atoms with Gasteiger partial charge in [0.1, 0.15) is 5.82 Å². The van der Waals surface area contributed by atoms with Crippen LogP contribution in [0.15, 0.2) is 46.9 Å². The molecule has 0 saturated carbocycles. The Bertz CT molecular complexity index is 799. The summed E-state index contributed by atoms with van der Waals surface area (Å²) < 4.78 is 14.0. The maximum atomic E-state index is 13.0. The van der Waals surface area contributed by atoms with Gasteiger partial charge in [-0.2, -0.15) is 0 Å². The van der Waals surface area contributed by atoms with Gasteiger partial charge >= 0.3 is 0 Å². The first-order valence-electron chi connectivity index (χ1n) is 8.62. The molecule has 1 atom stereocenters. The van der Waals surface area contributed by atoms with E-state index in [1.54, 1.807) is 0 Å². The van der Waals surface area contributed by atoms with E-state index in [9.17, 15) is 14.0 Å². The largest absolute Gasteiger partial charge is 0.354 e. The van der Waals surface area contributed by atoms with Gasteiger partial charge in [0, 0.05) is 23.5 Å². The Morgan fingerprint density at radius 1 is 1.19 bits per heavy atom. The smallest absolute Gasteiger partial charge is 0.252 e. The molecular weight excluding hydrogens is 435 g/mol. The average Bonchev–Trinajstić information content (AvgIpc) is 2.61. The van der Waals surface area contributed by atoms with Gasteiger partial charge in [-0.1, -0.05) is 39.7 Å². The molecule has 1 unspecified atom stereocenters. The topological polar surface area (TPSA) is 58.2 Å². The third kappa shape index (κ3) is 7.31. The Morgan fingerprint density at radius 3 is 2.56 bits per heavy atom. The van der Waals surface area contributed by atoms with Crippen LogP contribution < -0.4 is 10.6 Å². The number of carbonyl (C=O) groups excluding carboxylic acids is 2. The van der Waals surface area contributed by atoms with Gasteiger partial charge in [-0.15, -0.1) is 0 Å². The zero-order chi connectivity index (χ0) is 19.8. The van der Waals surface area contributed by atoms with E-state index in [-0.39, 0.29) is 35.5 Å². The Morgan fingerprint density at radius 2 is 1.89 bits per heavy atom. The highest BCUT2D eigenvalue weighted by Crippen LogP contribution is 2.17. The lowest BCUT2D eigenvalue weighted by atomic mass is 10.1. The van der Waals surface area contributed by atoms with Crippen molar-refractivity contribution in [2.45, 2.75) is 32.2 Å². The van der Waals surface area contributed by atoms with Crippen LogP contribution >= 0.6 is 27.5 Å². The second-order valence-electron chi connectivity index (χ2n) is 6.26. The molecule has 7 heteroatoms. The summed E-state index contributed by atoms with van der Waals surface area (Å²) in [6, 6.07) is 11.7. The molecule has 2 N–H and O–H groups in total. The molecule has 0 fully saturated rings. The highest BCUT2D eigenvalue weighted by Gasteiger charge is 2.12. The lowest BCUT2D eigenvalue weighted by Crippen LogP contribution is -2.35. The summed E-state index contributed by atoms with van der Waals surface area (Å²) in [5, 5.41) is 5.57. The molecule has 2 aromatic carbocycles. The van der Waals surface area contributed by atoms with Crippen molar-refractivity contribution in [2.24, 2.45) is 0 Å². The van der Waals surface area contributed by atoms with E-state index in [0.29, 0.717) is 0 Å². The van der Waals surface area contributed by atoms with Gasteiger partial charge in [-0.05, 0) is 55.7 Å². The molecule has 0 aromatic heterocycles. The number of nitrogens with one attached hydrogen (secondary N) is 2. The molecule has 0 heterocycles. The minimum Gasteiger partial charge on any atom is -0.354 e. The SMILES string of the molecule is CC(CCc1ccc(Br)cc1)NC(=O)CCNC(=O)c1ccc(F)cc1Cl. The van der Waals surface area contributed by atoms with Crippen LogP contribution in [-0.2, 0) is 11.2 Å². The number of carbonyl (C=O) groups is 2. The predicted molar refractivity (Wildman–Crippen MR) is 108 cm³/mol. The number of halogens is 3. The molecule has 2 aromatic rings. The summed E-state index contributed by atoms with van der Waals surface area (Å²) in [5.74, 6) is -1.08. The summed E-state index contributed by atoms with van der Waals surface area (Å²) in [6.07, 6.45) is 1.85. The van der Waals surface area contributed by atoms with Crippen molar-refractivity contribution in [1.82, 2.24) is 10.6 Å². The molecule has 0 spiro atoms. The van der Waals surface area contributed by atoms with Crippen LogP contribution in [0.1, 0.15) is 35.7 Å². The molecule has 0 saturated heterocycles. The van der Waals surface area contributed by atoms with Gasteiger partial charge in [-0.3, -0.25) is 9.59 Å². The van der Waals surface area contributed by atoms with Gasteiger partial charge in [0.15, 0.2) is 0 Å². The number of hydrogen-bond acceptors (Lipinski definition) is 2. The van der Waals surface area contributed by atoms with E-state index in [4.69, 9.17) is 11.6 Å². The summed E-state index contributed by atoms with van der Waals surface area (Å²) in [6.45, 7) is 2.13. The fraction of sp³-hybridized carbons (Fsp3) is 0.300. The molecule has 0 aliphatic rings. The molecule has 4 nitrogen and oxygen atoms in total. The van der Waals surface area contributed by atoms with Crippen molar-refractivity contribution >= 4 is 39.3 Å². The summed E-state index contributed by atoms with van der Waals surface area (Å²) in [5.41, 5.74) is 1.39. The third-order valence-electron chi connectivity index (χ3n) is 4.00. The number of amides is 2. The maximum Gasteiger partial charge on any atom is 0.252 e. The van der Waals surface area contributed by atoms with Crippen molar-refractivity contribution in [2.75, 3.05) is 6.54 Å². The van der Waals surface area contributed by atoms with Crippen LogP contribution in [0.5, 0.6) is 0 Å². The molecule has 0 bridgehead atoms. The highest BCUT2D eigenvalue weighted by atomic mass is 79.9. The molecule has 2 amide bonds. The van der Waals surface area contributed by atoms with E-state index in [1.807, 2.05) is 19.1 Å². The van der Waals surface area contributed by atoms with Crippen molar-refractivity contribution in [3.8, 4) is 0 Å². The molecule has 0 radical (unpaired) electrons. The molecule has 144 valence electrons. The van der Waals surface area contributed by atoms with Gasteiger partial charge in [0.2, 0.25) is 5.91 Å². The van der Waals surface area contributed by atoms with Crippen LogP contribution in [-0.4, -0.2) is 24.4 Å². The lowest BCUT2D eigenvalue weighted by molar-refractivity contribution is -0.121. The monoisotopic (exact) mass is 454 g/mol. The van der Waals surface area contributed by atoms with Crippen LogP contribution in [0, 0.1) is 5.82 Å². The van der Waals surface area contributed by atoms with Crippen molar-refractivity contribution in [3.63, 3.8) is 0 Å². The van der Waals surface area contributed by atoms with E-state index >= 15 is 0 Å². The summed E-state index contributed by atoms with van der Waals surface area (Å²) in [4.78, 5) is 24.0. The van der Waals surface area contributed by atoms with Gasteiger partial charge in [0.25, 0.3) is 5.91 Å². The van der Waals surface area contributed by atoms with E-state index in [1.165, 1.54) is 17.7 Å². The normalized spacial score (nSPS) is 11.7. The van der Waals surface area contributed by atoms with Crippen LogP contribution in [0.2, 0.25) is 5.02 Å². The minimum absolute atomic E-state index is 0.0309. The number of benzene rings is 2. The van der Waals surface area contributed by atoms with E-state index in [2.05, 4.69) is 38.7 Å². The minimum atomic E-state index is -0.506.